The lowest BCUT2D eigenvalue weighted by molar-refractivity contribution is -0.0688. The molecule has 2 aromatic carbocycles. The van der Waals surface area contributed by atoms with Crippen LogP contribution in [0.3, 0.4) is 0 Å². The minimum absolute atomic E-state index is 0.0217. The lowest BCUT2D eigenvalue weighted by atomic mass is 9.84. The van der Waals surface area contributed by atoms with Gasteiger partial charge in [0.2, 0.25) is 0 Å². The summed E-state index contributed by atoms with van der Waals surface area (Å²) in [6, 6.07) is 9.21. The van der Waals surface area contributed by atoms with Crippen molar-refractivity contribution >= 4 is 5.69 Å². The molecular weight excluding hydrogens is 419 g/mol. The fourth-order valence-electron chi connectivity index (χ4n) is 4.36. The summed E-state index contributed by atoms with van der Waals surface area (Å²) < 4.78 is 42.8. The van der Waals surface area contributed by atoms with E-state index in [-0.39, 0.29) is 24.0 Å². The van der Waals surface area contributed by atoms with Crippen molar-refractivity contribution in [3.8, 4) is 0 Å². The largest absolute Gasteiger partial charge is 0.382 e. The third-order valence-corrected chi connectivity index (χ3v) is 6.26. The number of nitrogens with one attached hydrogen (secondary N) is 1. The van der Waals surface area contributed by atoms with Gasteiger partial charge in [-0.05, 0) is 50.1 Å². The number of nitrogens with zero attached hydrogens (tertiary/aromatic N) is 4. The van der Waals surface area contributed by atoms with Gasteiger partial charge in [0.05, 0.1) is 12.7 Å². The van der Waals surface area contributed by atoms with Crippen LogP contribution in [-0.2, 0) is 12.1 Å². The van der Waals surface area contributed by atoms with E-state index in [0.29, 0.717) is 13.1 Å². The molecule has 9 heteroatoms. The molecule has 0 bridgehead atoms. The molecule has 3 aromatic rings. The minimum Gasteiger partial charge on any atom is -0.382 e. The number of likely N-dealkylation sites (tertiary alicyclic amines) is 1. The fraction of sp³-hybridized carbons (Fsp3) is 0.391. The van der Waals surface area contributed by atoms with Gasteiger partial charge in [-0.1, -0.05) is 11.3 Å². The number of hydrogen-bond donors (Lipinski definition) is 2. The van der Waals surface area contributed by atoms with Gasteiger partial charge in [0.15, 0.2) is 0 Å². The third kappa shape index (κ3) is 4.78. The molecule has 170 valence electrons. The second kappa shape index (κ2) is 9.30. The summed E-state index contributed by atoms with van der Waals surface area (Å²) in [5.41, 5.74) is -0.773. The van der Waals surface area contributed by atoms with Gasteiger partial charge < -0.3 is 10.4 Å². The number of rotatable bonds is 7. The quantitative estimate of drug-likeness (QED) is 0.582. The minimum atomic E-state index is -1.65. The molecule has 1 fully saturated rings. The van der Waals surface area contributed by atoms with Crippen LogP contribution in [0.25, 0.3) is 0 Å². The molecule has 32 heavy (non-hydrogen) atoms. The Balaban J connectivity index is 1.50. The Bertz CT molecular complexity index is 1020. The highest BCUT2D eigenvalue weighted by molar-refractivity contribution is 5.43. The number of halogens is 3. The van der Waals surface area contributed by atoms with Crippen LogP contribution in [0.1, 0.15) is 25.3 Å². The number of anilines is 1. The van der Waals surface area contributed by atoms with Gasteiger partial charge >= 0.3 is 0 Å². The van der Waals surface area contributed by atoms with Gasteiger partial charge in [0.1, 0.15) is 23.1 Å². The molecule has 1 aliphatic heterocycles. The predicted molar refractivity (Wildman–Crippen MR) is 114 cm³/mol. The zero-order valence-corrected chi connectivity index (χ0v) is 17.8. The molecular formula is C23H26F3N5O. The van der Waals surface area contributed by atoms with Crippen LogP contribution in [0.2, 0.25) is 0 Å². The van der Waals surface area contributed by atoms with E-state index in [1.54, 1.807) is 18.3 Å². The summed E-state index contributed by atoms with van der Waals surface area (Å²) in [5.74, 6) is -1.78. The molecule has 0 saturated carbocycles. The van der Waals surface area contributed by atoms with Gasteiger partial charge in [-0.3, -0.25) is 4.90 Å². The average Bonchev–Trinajstić information content (AvgIpc) is 3.28. The van der Waals surface area contributed by atoms with Crippen molar-refractivity contribution < 1.29 is 18.3 Å². The van der Waals surface area contributed by atoms with Crippen molar-refractivity contribution in [3.63, 3.8) is 0 Å². The Morgan fingerprint density at radius 3 is 2.41 bits per heavy atom. The smallest absolute Gasteiger partial charge is 0.132 e. The van der Waals surface area contributed by atoms with Crippen LogP contribution in [0.4, 0.5) is 18.9 Å². The highest BCUT2D eigenvalue weighted by Crippen LogP contribution is 2.34. The summed E-state index contributed by atoms with van der Waals surface area (Å²) in [4.78, 5) is 2.10. The van der Waals surface area contributed by atoms with Crippen LogP contribution < -0.4 is 5.32 Å². The number of hydrogen-bond acceptors (Lipinski definition) is 5. The van der Waals surface area contributed by atoms with Crippen molar-refractivity contribution in [2.24, 2.45) is 0 Å². The molecule has 0 amide bonds. The van der Waals surface area contributed by atoms with E-state index in [9.17, 15) is 18.3 Å². The molecule has 0 spiro atoms. The van der Waals surface area contributed by atoms with Crippen molar-refractivity contribution in [2.45, 2.75) is 44.0 Å². The first-order valence-corrected chi connectivity index (χ1v) is 10.6. The Labute approximate surface area is 184 Å². The van der Waals surface area contributed by atoms with Crippen molar-refractivity contribution in [3.05, 3.63) is 77.9 Å². The number of aliphatic hydroxyl groups is 1. The maximum absolute atomic E-state index is 14.7. The molecule has 1 aliphatic rings. The summed E-state index contributed by atoms with van der Waals surface area (Å²) in [6.07, 6.45) is 4.68. The lowest BCUT2D eigenvalue weighted by Gasteiger charge is -2.44. The normalized spacial score (nSPS) is 18.3. The first-order chi connectivity index (χ1) is 15.3. The van der Waals surface area contributed by atoms with Crippen LogP contribution in [0.15, 0.2) is 54.9 Å². The SMILES string of the molecule is C[C@@H](N1CCC(Nc2ccc(F)cc2)CC1)[C@](O)(Cn1ccnn1)c1ccc(F)cc1F. The highest BCUT2D eigenvalue weighted by Gasteiger charge is 2.42. The molecule has 1 saturated heterocycles. The number of piperidine rings is 1. The van der Waals surface area contributed by atoms with Crippen molar-refractivity contribution in [1.29, 1.82) is 0 Å². The Kier molecular flexibility index (Phi) is 6.48. The molecule has 2 heterocycles. The number of aromatic nitrogens is 3. The van der Waals surface area contributed by atoms with E-state index < -0.39 is 23.3 Å². The Morgan fingerprint density at radius 2 is 1.78 bits per heavy atom. The van der Waals surface area contributed by atoms with E-state index in [1.165, 1.54) is 29.1 Å². The monoisotopic (exact) mass is 445 g/mol. The molecule has 0 aliphatic carbocycles. The maximum Gasteiger partial charge on any atom is 0.132 e. The molecule has 6 nitrogen and oxygen atoms in total. The van der Waals surface area contributed by atoms with Crippen LogP contribution in [0.5, 0.6) is 0 Å². The second-order valence-electron chi connectivity index (χ2n) is 8.29. The van der Waals surface area contributed by atoms with E-state index in [0.717, 1.165) is 30.7 Å². The Morgan fingerprint density at radius 1 is 1.09 bits per heavy atom. The zero-order valence-electron chi connectivity index (χ0n) is 17.8. The summed E-state index contributed by atoms with van der Waals surface area (Å²) >= 11 is 0. The number of benzene rings is 2. The fourth-order valence-corrected chi connectivity index (χ4v) is 4.36. The molecule has 4 rings (SSSR count). The third-order valence-electron chi connectivity index (χ3n) is 6.26. The summed E-state index contributed by atoms with van der Waals surface area (Å²) in [6.45, 7) is 3.16. The van der Waals surface area contributed by atoms with Gasteiger partial charge in [-0.25, -0.2) is 17.9 Å². The molecule has 0 unspecified atom stereocenters. The molecule has 2 atom stereocenters. The van der Waals surface area contributed by atoms with Crippen molar-refractivity contribution in [1.82, 2.24) is 19.9 Å². The van der Waals surface area contributed by atoms with Crippen molar-refractivity contribution in [2.75, 3.05) is 18.4 Å². The highest BCUT2D eigenvalue weighted by atomic mass is 19.1. The van der Waals surface area contributed by atoms with Gasteiger partial charge in [-0.2, -0.15) is 0 Å². The molecule has 0 radical (unpaired) electrons. The lowest BCUT2D eigenvalue weighted by Crippen LogP contribution is -2.55. The van der Waals surface area contributed by atoms with Gasteiger partial charge in [-0.15, -0.1) is 5.10 Å². The van der Waals surface area contributed by atoms with E-state index >= 15 is 0 Å². The first-order valence-electron chi connectivity index (χ1n) is 10.6. The van der Waals surface area contributed by atoms with Gasteiger partial charge in [0, 0.05) is 48.7 Å². The van der Waals surface area contributed by atoms with E-state index in [4.69, 9.17) is 0 Å². The average molecular weight is 445 g/mol. The summed E-state index contributed by atoms with van der Waals surface area (Å²) in [7, 11) is 0. The van der Waals surface area contributed by atoms with E-state index in [1.807, 2.05) is 6.92 Å². The van der Waals surface area contributed by atoms with Gasteiger partial charge in [0.25, 0.3) is 0 Å². The Hall–Kier alpha value is -2.91. The molecule has 2 N–H and O–H groups in total. The maximum atomic E-state index is 14.7. The topological polar surface area (TPSA) is 66.2 Å². The van der Waals surface area contributed by atoms with Crippen LogP contribution >= 0.6 is 0 Å². The molecule has 1 aromatic heterocycles. The summed E-state index contributed by atoms with van der Waals surface area (Å²) in [5, 5.41) is 22.8. The second-order valence-corrected chi connectivity index (χ2v) is 8.29. The predicted octanol–water partition coefficient (Wildman–Crippen LogP) is 3.55. The van der Waals surface area contributed by atoms with Crippen LogP contribution in [-0.4, -0.2) is 50.2 Å². The zero-order chi connectivity index (χ0) is 22.7. The van der Waals surface area contributed by atoms with E-state index in [2.05, 4.69) is 20.5 Å². The first kappa shape index (κ1) is 22.3. The van der Waals surface area contributed by atoms with Crippen LogP contribution in [0, 0.1) is 17.5 Å². The standard InChI is InChI=1S/C23H26F3N5O/c1-16(30-11-8-20(9-12-30)28-19-5-2-17(24)3-6-19)23(32,15-31-13-10-27-29-31)21-7-4-18(25)14-22(21)26/h2-7,10,13-14,16,20,28,32H,8-9,11-12,15H2,1H3/t16-,23-/m1/s1.